The van der Waals surface area contributed by atoms with Crippen LogP contribution in [0.4, 0.5) is 0 Å². The van der Waals surface area contributed by atoms with Gasteiger partial charge in [0.15, 0.2) is 0 Å². The monoisotopic (exact) mass is 381 g/mol. The van der Waals surface area contributed by atoms with E-state index in [1.165, 1.54) is 0 Å². The minimum absolute atomic E-state index is 0.250. The molecule has 0 heterocycles. The van der Waals surface area contributed by atoms with Crippen molar-refractivity contribution in [1.82, 2.24) is 5.32 Å². The zero-order chi connectivity index (χ0) is 19.2. The van der Waals surface area contributed by atoms with Gasteiger partial charge in [-0.3, -0.25) is 4.79 Å². The number of carbonyl (C=O) groups is 2. The van der Waals surface area contributed by atoms with Gasteiger partial charge in [0.25, 0.3) is 5.91 Å². The maximum absolute atomic E-state index is 12.9. The predicted molar refractivity (Wildman–Crippen MR) is 107 cm³/mol. The summed E-state index contributed by atoms with van der Waals surface area (Å²) in [5.74, 6) is -0.764. The van der Waals surface area contributed by atoms with Gasteiger partial charge in [0, 0.05) is 17.0 Å². The summed E-state index contributed by atoms with van der Waals surface area (Å²) in [4.78, 5) is 25.3. The van der Waals surface area contributed by atoms with E-state index in [9.17, 15) is 9.59 Å². The molecule has 0 aliphatic rings. The first-order valence-corrected chi connectivity index (χ1v) is 9.16. The fourth-order valence-electron chi connectivity index (χ4n) is 2.95. The van der Waals surface area contributed by atoms with Crippen LogP contribution in [-0.2, 0) is 16.0 Å². The Morgan fingerprint density at radius 1 is 1.00 bits per heavy atom. The van der Waals surface area contributed by atoms with E-state index in [1.807, 2.05) is 48.5 Å². The summed E-state index contributed by atoms with van der Waals surface area (Å²) in [6, 6.07) is 19.6. The van der Waals surface area contributed by atoms with Crippen LogP contribution < -0.4 is 5.32 Å². The molecule has 0 saturated heterocycles. The first kappa shape index (κ1) is 18.9. The molecule has 1 amide bonds. The lowest BCUT2D eigenvalue weighted by molar-refractivity contribution is -0.145. The number of ether oxygens (including phenoxy) is 1. The van der Waals surface area contributed by atoms with E-state index >= 15 is 0 Å². The first-order chi connectivity index (χ1) is 13.1. The van der Waals surface area contributed by atoms with E-state index in [0.717, 1.165) is 16.3 Å². The lowest BCUT2D eigenvalue weighted by atomic mass is 10.0. The highest BCUT2D eigenvalue weighted by atomic mass is 35.5. The summed E-state index contributed by atoms with van der Waals surface area (Å²) in [5.41, 5.74) is 1.41. The summed E-state index contributed by atoms with van der Waals surface area (Å²) in [6.07, 6.45) is 0.326. The molecule has 3 rings (SSSR count). The van der Waals surface area contributed by atoms with Crippen molar-refractivity contribution in [3.05, 3.63) is 82.9 Å². The van der Waals surface area contributed by atoms with Crippen LogP contribution in [-0.4, -0.2) is 24.5 Å². The van der Waals surface area contributed by atoms with Crippen molar-refractivity contribution in [2.24, 2.45) is 0 Å². The van der Waals surface area contributed by atoms with Crippen LogP contribution in [0.1, 0.15) is 22.8 Å². The van der Waals surface area contributed by atoms with Crippen molar-refractivity contribution in [2.75, 3.05) is 6.61 Å². The lowest BCUT2D eigenvalue weighted by Crippen LogP contribution is -2.43. The Hall–Kier alpha value is -2.85. The van der Waals surface area contributed by atoms with Crippen molar-refractivity contribution < 1.29 is 14.3 Å². The number of fused-ring (bicyclic) bond motifs is 1. The van der Waals surface area contributed by atoms with E-state index in [4.69, 9.17) is 16.3 Å². The van der Waals surface area contributed by atoms with Crippen LogP contribution >= 0.6 is 11.6 Å². The fourth-order valence-corrected chi connectivity index (χ4v) is 3.08. The SMILES string of the molecule is CCOC(=O)C(Cc1ccc(Cl)cc1)NC(=O)c1cccc2ccccc12. The van der Waals surface area contributed by atoms with Crippen LogP contribution in [0.5, 0.6) is 0 Å². The van der Waals surface area contributed by atoms with Gasteiger partial charge < -0.3 is 10.1 Å². The molecule has 0 aliphatic heterocycles. The van der Waals surface area contributed by atoms with Gasteiger partial charge in [-0.1, -0.05) is 60.1 Å². The number of hydrogen-bond acceptors (Lipinski definition) is 3. The molecule has 138 valence electrons. The average molecular weight is 382 g/mol. The molecule has 1 atom stereocenters. The Labute approximate surface area is 163 Å². The van der Waals surface area contributed by atoms with Gasteiger partial charge in [-0.15, -0.1) is 0 Å². The fraction of sp³-hybridized carbons (Fsp3) is 0.182. The maximum atomic E-state index is 12.9. The number of nitrogens with one attached hydrogen (secondary N) is 1. The molecule has 1 unspecified atom stereocenters. The molecule has 0 spiro atoms. The zero-order valence-electron chi connectivity index (χ0n) is 14.9. The van der Waals surface area contributed by atoms with Gasteiger partial charge >= 0.3 is 5.97 Å². The van der Waals surface area contributed by atoms with Crippen molar-refractivity contribution in [2.45, 2.75) is 19.4 Å². The summed E-state index contributed by atoms with van der Waals surface area (Å²) in [6.45, 7) is 1.99. The standard InChI is InChI=1S/C22H20ClNO3/c1-2-27-22(26)20(14-15-10-12-17(23)13-11-15)24-21(25)19-9-5-7-16-6-3-4-8-18(16)19/h3-13,20H,2,14H2,1H3,(H,24,25). The second-order valence-electron chi connectivity index (χ2n) is 6.14. The third-order valence-corrected chi connectivity index (χ3v) is 4.52. The molecule has 5 heteroatoms. The summed E-state index contributed by atoms with van der Waals surface area (Å²) < 4.78 is 5.14. The van der Waals surface area contributed by atoms with E-state index in [2.05, 4.69) is 5.32 Å². The van der Waals surface area contributed by atoms with Crippen LogP contribution in [0.25, 0.3) is 10.8 Å². The van der Waals surface area contributed by atoms with E-state index in [1.54, 1.807) is 25.1 Å². The lowest BCUT2D eigenvalue weighted by Gasteiger charge is -2.18. The highest BCUT2D eigenvalue weighted by Gasteiger charge is 2.23. The number of rotatable bonds is 6. The van der Waals surface area contributed by atoms with Gasteiger partial charge in [0.1, 0.15) is 6.04 Å². The van der Waals surface area contributed by atoms with E-state index < -0.39 is 12.0 Å². The molecular formula is C22H20ClNO3. The van der Waals surface area contributed by atoms with Crippen LogP contribution in [0.3, 0.4) is 0 Å². The molecule has 0 radical (unpaired) electrons. The number of carbonyl (C=O) groups excluding carboxylic acids is 2. The summed E-state index contributed by atoms with van der Waals surface area (Å²) in [7, 11) is 0. The molecule has 3 aromatic carbocycles. The number of hydrogen-bond donors (Lipinski definition) is 1. The maximum Gasteiger partial charge on any atom is 0.328 e. The number of halogens is 1. The Morgan fingerprint density at radius 3 is 2.44 bits per heavy atom. The van der Waals surface area contributed by atoms with Crippen molar-refractivity contribution in [1.29, 1.82) is 0 Å². The van der Waals surface area contributed by atoms with Crippen LogP contribution in [0, 0.1) is 0 Å². The third kappa shape index (κ3) is 4.66. The number of amides is 1. The van der Waals surface area contributed by atoms with Crippen LogP contribution in [0.15, 0.2) is 66.7 Å². The van der Waals surface area contributed by atoms with Gasteiger partial charge in [-0.25, -0.2) is 4.79 Å². The molecule has 0 bridgehead atoms. The number of benzene rings is 3. The van der Waals surface area contributed by atoms with Crippen molar-refractivity contribution in [3.63, 3.8) is 0 Å². The minimum Gasteiger partial charge on any atom is -0.464 e. The highest BCUT2D eigenvalue weighted by Crippen LogP contribution is 2.19. The Kier molecular flexibility index (Phi) is 6.09. The molecule has 3 aromatic rings. The molecule has 0 aliphatic carbocycles. The normalized spacial score (nSPS) is 11.8. The smallest absolute Gasteiger partial charge is 0.328 e. The topological polar surface area (TPSA) is 55.4 Å². The Bertz CT molecular complexity index is 948. The van der Waals surface area contributed by atoms with Gasteiger partial charge in [-0.2, -0.15) is 0 Å². The minimum atomic E-state index is -0.780. The second-order valence-corrected chi connectivity index (χ2v) is 6.57. The zero-order valence-corrected chi connectivity index (χ0v) is 15.7. The first-order valence-electron chi connectivity index (χ1n) is 8.78. The van der Waals surface area contributed by atoms with Crippen molar-refractivity contribution in [3.8, 4) is 0 Å². The van der Waals surface area contributed by atoms with Gasteiger partial charge in [-0.05, 0) is 41.5 Å². The predicted octanol–water partition coefficient (Wildman–Crippen LogP) is 4.40. The molecule has 4 nitrogen and oxygen atoms in total. The van der Waals surface area contributed by atoms with Gasteiger partial charge in [0.2, 0.25) is 0 Å². The van der Waals surface area contributed by atoms with E-state index in [0.29, 0.717) is 17.0 Å². The van der Waals surface area contributed by atoms with Crippen molar-refractivity contribution >= 4 is 34.2 Å². The quantitative estimate of drug-likeness (QED) is 0.644. The second kappa shape index (κ2) is 8.69. The summed E-state index contributed by atoms with van der Waals surface area (Å²) in [5, 5.41) is 5.25. The van der Waals surface area contributed by atoms with Gasteiger partial charge in [0.05, 0.1) is 6.61 Å². The third-order valence-electron chi connectivity index (χ3n) is 4.26. The molecule has 0 fully saturated rings. The Balaban J connectivity index is 1.85. The molecule has 27 heavy (non-hydrogen) atoms. The molecule has 1 N–H and O–H groups in total. The average Bonchev–Trinajstić information content (AvgIpc) is 2.68. The molecule has 0 aromatic heterocycles. The number of esters is 1. The van der Waals surface area contributed by atoms with Crippen LogP contribution in [0.2, 0.25) is 5.02 Å². The highest BCUT2D eigenvalue weighted by molar-refractivity contribution is 6.30. The molecular weight excluding hydrogens is 362 g/mol. The molecule has 0 saturated carbocycles. The summed E-state index contributed by atoms with van der Waals surface area (Å²) >= 11 is 5.92. The Morgan fingerprint density at radius 2 is 1.70 bits per heavy atom. The largest absolute Gasteiger partial charge is 0.464 e. The van der Waals surface area contributed by atoms with E-state index in [-0.39, 0.29) is 12.5 Å².